The van der Waals surface area contributed by atoms with Gasteiger partial charge in [0.25, 0.3) is 11.5 Å². The topological polar surface area (TPSA) is 130 Å². The highest BCUT2D eigenvalue weighted by molar-refractivity contribution is 6.07. The van der Waals surface area contributed by atoms with Crippen molar-refractivity contribution in [1.82, 2.24) is 29.3 Å². The predicted molar refractivity (Wildman–Crippen MR) is 136 cm³/mol. The fraction of sp³-hybridized carbons (Fsp3) is 0.0385. The normalized spacial score (nSPS) is 11.2. The number of aromatic nitrogens is 6. The molecular formula is C26H19N7O3. The Morgan fingerprint density at radius 1 is 0.917 bits per heavy atom. The number of nitrogens with zero attached hydrogens (tertiary/aromatic N) is 4. The fourth-order valence-electron chi connectivity index (χ4n) is 4.19. The van der Waals surface area contributed by atoms with E-state index in [1.54, 1.807) is 54.3 Å². The van der Waals surface area contributed by atoms with Crippen molar-refractivity contribution in [2.24, 2.45) is 7.05 Å². The van der Waals surface area contributed by atoms with Crippen LogP contribution in [-0.2, 0) is 7.05 Å². The molecule has 3 N–H and O–H groups in total. The van der Waals surface area contributed by atoms with E-state index in [-0.39, 0.29) is 11.1 Å². The number of para-hydroxylation sites is 3. The maximum Gasteiger partial charge on any atom is 0.333 e. The Hall–Kier alpha value is -5.25. The average Bonchev–Trinajstić information content (AvgIpc) is 3.47. The SMILES string of the molecule is Cn1ncc(-c2nc3ccccc3[nH]2)c1NC(=O)c1ccc2c(=O)n(-c3ccccc3)c(=O)[nH]c2c1. The van der Waals surface area contributed by atoms with Gasteiger partial charge in [0.05, 0.1) is 39.4 Å². The molecule has 0 aliphatic carbocycles. The second kappa shape index (κ2) is 8.20. The predicted octanol–water partition coefficient (Wildman–Crippen LogP) is 3.21. The molecule has 0 bridgehead atoms. The molecule has 176 valence electrons. The third-order valence-electron chi connectivity index (χ3n) is 5.99. The third-order valence-corrected chi connectivity index (χ3v) is 5.99. The molecule has 3 heterocycles. The van der Waals surface area contributed by atoms with Crippen LogP contribution in [0.3, 0.4) is 0 Å². The lowest BCUT2D eigenvalue weighted by Gasteiger charge is -2.09. The molecule has 6 aromatic rings. The van der Waals surface area contributed by atoms with Gasteiger partial charge in [0.15, 0.2) is 0 Å². The van der Waals surface area contributed by atoms with Gasteiger partial charge >= 0.3 is 5.69 Å². The Morgan fingerprint density at radius 2 is 1.69 bits per heavy atom. The molecule has 6 rings (SSSR count). The van der Waals surface area contributed by atoms with E-state index in [4.69, 9.17) is 0 Å². The molecule has 36 heavy (non-hydrogen) atoms. The summed E-state index contributed by atoms with van der Waals surface area (Å²) in [5, 5.41) is 7.44. The van der Waals surface area contributed by atoms with Crippen LogP contribution in [0, 0.1) is 0 Å². The Balaban J connectivity index is 1.36. The molecule has 3 aromatic carbocycles. The molecule has 0 saturated heterocycles. The van der Waals surface area contributed by atoms with Crippen LogP contribution >= 0.6 is 0 Å². The first-order valence-electron chi connectivity index (χ1n) is 11.1. The van der Waals surface area contributed by atoms with Gasteiger partial charge in [0, 0.05) is 12.6 Å². The van der Waals surface area contributed by atoms with Crippen LogP contribution < -0.4 is 16.6 Å². The van der Waals surface area contributed by atoms with E-state index in [9.17, 15) is 14.4 Å². The Bertz CT molecular complexity index is 1860. The zero-order valence-electron chi connectivity index (χ0n) is 19.0. The molecule has 10 nitrogen and oxygen atoms in total. The molecule has 0 radical (unpaired) electrons. The minimum Gasteiger partial charge on any atom is -0.338 e. The van der Waals surface area contributed by atoms with Crippen LogP contribution in [0.15, 0.2) is 88.6 Å². The van der Waals surface area contributed by atoms with E-state index < -0.39 is 17.2 Å². The van der Waals surface area contributed by atoms with Crippen LogP contribution in [0.2, 0.25) is 0 Å². The van der Waals surface area contributed by atoms with E-state index in [1.165, 1.54) is 12.1 Å². The minimum absolute atomic E-state index is 0.270. The first-order valence-corrected chi connectivity index (χ1v) is 11.1. The lowest BCUT2D eigenvalue weighted by molar-refractivity contribution is 0.102. The smallest absolute Gasteiger partial charge is 0.333 e. The van der Waals surface area contributed by atoms with E-state index in [1.807, 2.05) is 24.3 Å². The van der Waals surface area contributed by atoms with Crippen molar-refractivity contribution < 1.29 is 4.79 Å². The van der Waals surface area contributed by atoms with E-state index >= 15 is 0 Å². The number of fused-ring (bicyclic) bond motifs is 2. The average molecular weight is 477 g/mol. The third kappa shape index (κ3) is 3.48. The Kier molecular flexibility index (Phi) is 4.85. The van der Waals surface area contributed by atoms with Gasteiger partial charge in [-0.2, -0.15) is 5.10 Å². The largest absolute Gasteiger partial charge is 0.338 e. The molecular weight excluding hydrogens is 458 g/mol. The first kappa shape index (κ1) is 21.3. The second-order valence-corrected chi connectivity index (χ2v) is 8.25. The van der Waals surface area contributed by atoms with Crippen LogP contribution in [0.5, 0.6) is 0 Å². The summed E-state index contributed by atoms with van der Waals surface area (Å²) in [6, 6.07) is 20.8. The fourth-order valence-corrected chi connectivity index (χ4v) is 4.19. The van der Waals surface area contributed by atoms with E-state index in [0.717, 1.165) is 15.6 Å². The van der Waals surface area contributed by atoms with E-state index in [0.29, 0.717) is 28.3 Å². The lowest BCUT2D eigenvalue weighted by Crippen LogP contribution is -2.33. The number of amides is 1. The van der Waals surface area contributed by atoms with Crippen molar-refractivity contribution in [3.05, 3.63) is 105 Å². The van der Waals surface area contributed by atoms with Crippen LogP contribution in [0.25, 0.3) is 39.0 Å². The molecule has 3 aromatic heterocycles. The number of aryl methyl sites for hydroxylation is 1. The minimum atomic E-state index is -0.588. The van der Waals surface area contributed by atoms with E-state index in [2.05, 4.69) is 25.4 Å². The van der Waals surface area contributed by atoms with Crippen molar-refractivity contribution >= 4 is 33.7 Å². The van der Waals surface area contributed by atoms with Crippen LogP contribution in [0.4, 0.5) is 5.82 Å². The van der Waals surface area contributed by atoms with Gasteiger partial charge in [0.2, 0.25) is 0 Å². The van der Waals surface area contributed by atoms with Crippen LogP contribution in [0.1, 0.15) is 10.4 Å². The van der Waals surface area contributed by atoms with Crippen molar-refractivity contribution in [1.29, 1.82) is 0 Å². The number of benzene rings is 3. The summed E-state index contributed by atoms with van der Waals surface area (Å²) in [5.41, 5.74) is 2.24. The first-order chi connectivity index (χ1) is 17.5. The summed E-state index contributed by atoms with van der Waals surface area (Å²) in [7, 11) is 1.71. The number of nitrogens with one attached hydrogen (secondary N) is 3. The number of anilines is 1. The zero-order valence-corrected chi connectivity index (χ0v) is 19.0. The number of rotatable bonds is 4. The highest BCUT2D eigenvalue weighted by atomic mass is 16.2. The summed E-state index contributed by atoms with van der Waals surface area (Å²) in [5.74, 6) is 0.599. The monoisotopic (exact) mass is 477 g/mol. The van der Waals surface area contributed by atoms with Gasteiger partial charge in [0.1, 0.15) is 11.6 Å². The summed E-state index contributed by atoms with van der Waals surface area (Å²) in [6.45, 7) is 0. The molecule has 0 unspecified atom stereocenters. The number of aromatic amines is 2. The molecule has 1 amide bonds. The highest BCUT2D eigenvalue weighted by Crippen LogP contribution is 2.27. The quantitative estimate of drug-likeness (QED) is 0.359. The molecule has 0 atom stereocenters. The highest BCUT2D eigenvalue weighted by Gasteiger charge is 2.18. The molecule has 0 fully saturated rings. The number of imidazole rings is 1. The molecule has 0 aliphatic heterocycles. The lowest BCUT2D eigenvalue weighted by atomic mass is 10.1. The van der Waals surface area contributed by atoms with Crippen molar-refractivity contribution in [2.45, 2.75) is 0 Å². The number of H-pyrrole nitrogens is 2. The summed E-state index contributed by atoms with van der Waals surface area (Å²) in [6.07, 6.45) is 1.62. The van der Waals surface area contributed by atoms with Gasteiger partial charge in [-0.05, 0) is 42.5 Å². The summed E-state index contributed by atoms with van der Waals surface area (Å²) >= 11 is 0. The summed E-state index contributed by atoms with van der Waals surface area (Å²) < 4.78 is 2.61. The zero-order chi connectivity index (χ0) is 24.8. The molecule has 10 heteroatoms. The Labute approximate surface area is 202 Å². The number of carbonyl (C=O) groups excluding carboxylic acids is 1. The second-order valence-electron chi connectivity index (χ2n) is 8.25. The number of hydrogen-bond acceptors (Lipinski definition) is 5. The number of carbonyl (C=O) groups is 1. The van der Waals surface area contributed by atoms with Crippen molar-refractivity contribution in [3.63, 3.8) is 0 Å². The van der Waals surface area contributed by atoms with Gasteiger partial charge in [-0.1, -0.05) is 30.3 Å². The Morgan fingerprint density at radius 3 is 2.50 bits per heavy atom. The molecule has 0 spiro atoms. The van der Waals surface area contributed by atoms with Gasteiger partial charge in [-0.3, -0.25) is 14.3 Å². The molecule has 0 aliphatic rings. The van der Waals surface area contributed by atoms with Crippen molar-refractivity contribution in [2.75, 3.05) is 5.32 Å². The maximum absolute atomic E-state index is 13.2. The molecule has 0 saturated carbocycles. The summed E-state index contributed by atoms with van der Waals surface area (Å²) in [4.78, 5) is 49.4. The van der Waals surface area contributed by atoms with Gasteiger partial charge < -0.3 is 15.3 Å². The van der Waals surface area contributed by atoms with Gasteiger partial charge in [-0.15, -0.1) is 0 Å². The number of hydrogen-bond donors (Lipinski definition) is 3. The van der Waals surface area contributed by atoms with Crippen molar-refractivity contribution in [3.8, 4) is 17.1 Å². The standard InChI is InChI=1S/C26H19N7O3/c1-32-23(18(14-27-32)22-28-19-9-5-6-10-20(19)29-22)31-24(34)15-11-12-17-21(13-15)30-26(36)33(25(17)35)16-7-3-2-4-8-16/h2-14H,1H3,(H,28,29)(H,30,36)(H,31,34). The maximum atomic E-state index is 13.2. The van der Waals surface area contributed by atoms with Gasteiger partial charge in [-0.25, -0.2) is 14.3 Å². The van der Waals surface area contributed by atoms with Crippen LogP contribution in [-0.4, -0.2) is 35.2 Å².